The molecule has 2 aliphatic rings. The summed E-state index contributed by atoms with van der Waals surface area (Å²) in [4.78, 5) is 0. The number of benzene rings is 1. The quantitative estimate of drug-likeness (QED) is 0.927. The van der Waals surface area contributed by atoms with Gasteiger partial charge in [-0.25, -0.2) is 8.42 Å². The van der Waals surface area contributed by atoms with Crippen molar-refractivity contribution in [2.24, 2.45) is 5.92 Å². The van der Waals surface area contributed by atoms with Crippen LogP contribution in [0.25, 0.3) is 0 Å². The van der Waals surface area contributed by atoms with Crippen LogP contribution in [-0.2, 0) is 15.8 Å². The molecule has 3 unspecified atom stereocenters. The molecular formula is C16H23NO3S. The largest absolute Gasteiger partial charge is 0.393 e. The Labute approximate surface area is 126 Å². The molecule has 2 fully saturated rings. The molecule has 1 aromatic carbocycles. The van der Waals surface area contributed by atoms with E-state index in [1.807, 2.05) is 30.3 Å². The molecular weight excluding hydrogens is 286 g/mol. The lowest BCUT2D eigenvalue weighted by Gasteiger charge is -2.30. The summed E-state index contributed by atoms with van der Waals surface area (Å²) in [6.45, 7) is 0.600. The van der Waals surface area contributed by atoms with Crippen LogP contribution in [0.2, 0.25) is 0 Å². The smallest absolute Gasteiger partial charge is 0.218 e. The van der Waals surface area contributed by atoms with Gasteiger partial charge in [-0.2, -0.15) is 4.31 Å². The van der Waals surface area contributed by atoms with E-state index in [-0.39, 0.29) is 23.8 Å². The molecule has 1 aliphatic carbocycles. The molecule has 0 aromatic heterocycles. The van der Waals surface area contributed by atoms with Crippen LogP contribution in [0.3, 0.4) is 0 Å². The van der Waals surface area contributed by atoms with E-state index in [1.165, 1.54) is 0 Å². The van der Waals surface area contributed by atoms with Crippen molar-refractivity contribution >= 4 is 10.0 Å². The number of nitrogens with zero attached hydrogens (tertiary/aromatic N) is 1. The van der Waals surface area contributed by atoms with Gasteiger partial charge in [0.2, 0.25) is 10.0 Å². The van der Waals surface area contributed by atoms with Gasteiger partial charge in [0.15, 0.2) is 0 Å². The number of rotatable bonds is 4. The summed E-state index contributed by atoms with van der Waals surface area (Å²) in [5.41, 5.74) is 0.829. The SMILES string of the molecule is O=S(=O)(Cc1ccccc1)N1CCCC1C1CCCC1O. The van der Waals surface area contributed by atoms with Crippen molar-refractivity contribution in [3.05, 3.63) is 35.9 Å². The van der Waals surface area contributed by atoms with E-state index in [9.17, 15) is 13.5 Å². The van der Waals surface area contributed by atoms with Crippen molar-refractivity contribution in [3.8, 4) is 0 Å². The highest BCUT2D eigenvalue weighted by molar-refractivity contribution is 7.88. The average molecular weight is 309 g/mol. The van der Waals surface area contributed by atoms with Gasteiger partial charge in [-0.05, 0) is 31.2 Å². The van der Waals surface area contributed by atoms with Gasteiger partial charge in [0.25, 0.3) is 0 Å². The van der Waals surface area contributed by atoms with Crippen LogP contribution in [0.4, 0.5) is 0 Å². The Morgan fingerprint density at radius 2 is 1.86 bits per heavy atom. The zero-order chi connectivity index (χ0) is 14.9. The number of aliphatic hydroxyl groups excluding tert-OH is 1. The summed E-state index contributed by atoms with van der Waals surface area (Å²) in [7, 11) is -3.30. The molecule has 4 nitrogen and oxygen atoms in total. The fourth-order valence-corrected chi connectivity index (χ4v) is 5.69. The Balaban J connectivity index is 1.77. The summed E-state index contributed by atoms with van der Waals surface area (Å²) < 4.78 is 27.1. The molecule has 1 heterocycles. The first-order chi connectivity index (χ1) is 10.1. The molecule has 3 atom stereocenters. The highest BCUT2D eigenvalue weighted by atomic mass is 32.2. The number of aliphatic hydroxyl groups is 1. The predicted molar refractivity (Wildman–Crippen MR) is 82.1 cm³/mol. The Kier molecular flexibility index (Phi) is 4.33. The van der Waals surface area contributed by atoms with Gasteiger partial charge in [0, 0.05) is 18.5 Å². The summed E-state index contributed by atoms with van der Waals surface area (Å²) in [5.74, 6) is 0.186. The second-order valence-electron chi connectivity index (χ2n) is 6.22. The number of sulfonamides is 1. The Morgan fingerprint density at radius 1 is 1.10 bits per heavy atom. The van der Waals surface area contributed by atoms with Crippen LogP contribution in [0, 0.1) is 5.92 Å². The van der Waals surface area contributed by atoms with Gasteiger partial charge >= 0.3 is 0 Å². The number of hydrogen-bond acceptors (Lipinski definition) is 3. The molecule has 0 bridgehead atoms. The van der Waals surface area contributed by atoms with Crippen molar-refractivity contribution in [2.75, 3.05) is 6.54 Å². The van der Waals surface area contributed by atoms with Crippen LogP contribution >= 0.6 is 0 Å². The molecule has 21 heavy (non-hydrogen) atoms. The second kappa shape index (κ2) is 6.07. The van der Waals surface area contributed by atoms with Crippen molar-refractivity contribution in [2.45, 2.75) is 50.0 Å². The molecule has 1 saturated carbocycles. The van der Waals surface area contributed by atoms with E-state index in [4.69, 9.17) is 0 Å². The van der Waals surface area contributed by atoms with Crippen LogP contribution in [0.15, 0.2) is 30.3 Å². The molecule has 0 amide bonds. The molecule has 1 aromatic rings. The average Bonchev–Trinajstić information content (AvgIpc) is 3.07. The van der Waals surface area contributed by atoms with E-state index in [1.54, 1.807) is 4.31 Å². The Bertz CT molecular complexity index is 572. The lowest BCUT2D eigenvalue weighted by Crippen LogP contribution is -2.42. The predicted octanol–water partition coefficient (Wildman–Crippen LogP) is 2.14. The zero-order valence-electron chi connectivity index (χ0n) is 12.2. The molecule has 0 radical (unpaired) electrons. The standard InChI is InChI=1S/C16H23NO3S/c18-16-10-4-8-14(16)15-9-5-11-17(15)21(19,20)12-13-6-2-1-3-7-13/h1-3,6-7,14-16,18H,4-5,8-12H2. The van der Waals surface area contributed by atoms with Crippen molar-refractivity contribution in [1.29, 1.82) is 0 Å². The third-order valence-electron chi connectivity index (χ3n) is 4.82. The monoisotopic (exact) mass is 309 g/mol. The fourth-order valence-electron chi connectivity index (χ4n) is 3.82. The third kappa shape index (κ3) is 3.15. The first-order valence-corrected chi connectivity index (χ1v) is 9.40. The van der Waals surface area contributed by atoms with Crippen LogP contribution in [-0.4, -0.2) is 36.5 Å². The Morgan fingerprint density at radius 3 is 2.52 bits per heavy atom. The summed E-state index contributed by atoms with van der Waals surface area (Å²) in [6, 6.07) is 9.33. The van der Waals surface area contributed by atoms with Crippen molar-refractivity contribution < 1.29 is 13.5 Å². The van der Waals surface area contributed by atoms with Crippen LogP contribution in [0.5, 0.6) is 0 Å². The zero-order valence-corrected chi connectivity index (χ0v) is 13.0. The van der Waals surface area contributed by atoms with Gasteiger partial charge in [0.1, 0.15) is 0 Å². The van der Waals surface area contributed by atoms with E-state index in [2.05, 4.69) is 0 Å². The molecule has 3 rings (SSSR count). The molecule has 5 heteroatoms. The van der Waals surface area contributed by atoms with Gasteiger partial charge in [-0.15, -0.1) is 0 Å². The van der Waals surface area contributed by atoms with Gasteiger partial charge < -0.3 is 5.11 Å². The van der Waals surface area contributed by atoms with Crippen LogP contribution in [0.1, 0.15) is 37.7 Å². The first-order valence-electron chi connectivity index (χ1n) is 7.79. The minimum absolute atomic E-state index is 0.00351. The molecule has 0 spiro atoms. The highest BCUT2D eigenvalue weighted by Crippen LogP contribution is 2.37. The lowest BCUT2D eigenvalue weighted by molar-refractivity contribution is 0.0974. The highest BCUT2D eigenvalue weighted by Gasteiger charge is 2.42. The van der Waals surface area contributed by atoms with Crippen molar-refractivity contribution in [1.82, 2.24) is 4.31 Å². The van der Waals surface area contributed by atoms with Crippen molar-refractivity contribution in [3.63, 3.8) is 0 Å². The molecule has 116 valence electrons. The van der Waals surface area contributed by atoms with Gasteiger partial charge in [0.05, 0.1) is 11.9 Å². The maximum Gasteiger partial charge on any atom is 0.218 e. The van der Waals surface area contributed by atoms with Gasteiger partial charge in [-0.3, -0.25) is 0 Å². The summed E-state index contributed by atoms with van der Waals surface area (Å²) in [6.07, 6.45) is 4.23. The first kappa shape index (κ1) is 15.0. The molecule has 1 N–H and O–H groups in total. The molecule has 1 saturated heterocycles. The van der Waals surface area contributed by atoms with E-state index in [0.717, 1.165) is 37.7 Å². The number of hydrogen-bond donors (Lipinski definition) is 1. The lowest BCUT2D eigenvalue weighted by atomic mass is 9.95. The Hall–Kier alpha value is -0.910. The topological polar surface area (TPSA) is 57.6 Å². The van der Waals surface area contributed by atoms with E-state index < -0.39 is 10.0 Å². The minimum atomic E-state index is -3.30. The summed E-state index contributed by atoms with van der Waals surface area (Å²) >= 11 is 0. The maximum absolute atomic E-state index is 12.7. The van der Waals surface area contributed by atoms with Gasteiger partial charge in [-0.1, -0.05) is 36.8 Å². The minimum Gasteiger partial charge on any atom is -0.393 e. The molecule has 1 aliphatic heterocycles. The maximum atomic E-state index is 12.7. The van der Waals surface area contributed by atoms with E-state index in [0.29, 0.717) is 6.54 Å². The van der Waals surface area contributed by atoms with Crippen LogP contribution < -0.4 is 0 Å². The van der Waals surface area contributed by atoms with E-state index >= 15 is 0 Å². The normalized spacial score (nSPS) is 30.8. The second-order valence-corrected chi connectivity index (χ2v) is 8.15. The summed E-state index contributed by atoms with van der Waals surface area (Å²) in [5, 5.41) is 10.1. The fraction of sp³-hybridized carbons (Fsp3) is 0.625. The third-order valence-corrected chi connectivity index (χ3v) is 6.69.